The number of nitrogens with zero attached hydrogens (tertiary/aromatic N) is 2. The molecular formula is C16H27N3. The van der Waals surface area contributed by atoms with Gasteiger partial charge in [-0.2, -0.15) is 0 Å². The van der Waals surface area contributed by atoms with E-state index < -0.39 is 0 Å². The topological polar surface area (TPSA) is 42.2 Å². The summed E-state index contributed by atoms with van der Waals surface area (Å²) in [6.07, 6.45) is 9.21. The molecule has 1 aromatic rings. The van der Waals surface area contributed by atoms with Crippen LogP contribution in [0.5, 0.6) is 0 Å². The highest BCUT2D eigenvalue weighted by Crippen LogP contribution is 2.28. The quantitative estimate of drug-likeness (QED) is 0.886. The summed E-state index contributed by atoms with van der Waals surface area (Å²) >= 11 is 0. The number of hydrogen-bond acceptors (Lipinski definition) is 3. The minimum atomic E-state index is 0.657. The van der Waals surface area contributed by atoms with Gasteiger partial charge >= 0.3 is 0 Å². The van der Waals surface area contributed by atoms with Gasteiger partial charge in [-0.3, -0.25) is 9.88 Å². The van der Waals surface area contributed by atoms with Gasteiger partial charge in [-0.1, -0.05) is 25.8 Å². The van der Waals surface area contributed by atoms with E-state index in [0.29, 0.717) is 12.0 Å². The van der Waals surface area contributed by atoms with E-state index in [1.807, 2.05) is 12.4 Å². The molecule has 1 aliphatic carbocycles. The third-order valence-corrected chi connectivity index (χ3v) is 4.36. The molecule has 2 atom stereocenters. The van der Waals surface area contributed by atoms with Gasteiger partial charge < -0.3 is 5.73 Å². The van der Waals surface area contributed by atoms with E-state index in [1.165, 1.54) is 36.8 Å². The molecule has 0 spiro atoms. The summed E-state index contributed by atoms with van der Waals surface area (Å²) in [7, 11) is 0. The zero-order valence-electron chi connectivity index (χ0n) is 12.3. The van der Waals surface area contributed by atoms with Crippen molar-refractivity contribution in [2.75, 3.05) is 13.1 Å². The molecule has 3 nitrogen and oxygen atoms in total. The average molecular weight is 261 g/mol. The summed E-state index contributed by atoms with van der Waals surface area (Å²) in [5, 5.41) is 0. The average Bonchev–Trinajstić information content (AvgIpc) is 2.45. The first-order valence-corrected chi connectivity index (χ1v) is 7.59. The predicted molar refractivity (Wildman–Crippen MR) is 79.9 cm³/mol. The minimum absolute atomic E-state index is 0.657. The van der Waals surface area contributed by atoms with Gasteiger partial charge in [-0.05, 0) is 49.9 Å². The number of pyridine rings is 1. The second kappa shape index (κ2) is 7.01. The Labute approximate surface area is 117 Å². The van der Waals surface area contributed by atoms with Crippen LogP contribution in [0.15, 0.2) is 18.5 Å². The highest BCUT2D eigenvalue weighted by molar-refractivity contribution is 5.16. The lowest BCUT2D eigenvalue weighted by atomic mass is 9.83. The lowest BCUT2D eigenvalue weighted by Gasteiger charge is -2.39. The van der Waals surface area contributed by atoms with Gasteiger partial charge in [-0.25, -0.2) is 0 Å². The lowest BCUT2D eigenvalue weighted by molar-refractivity contribution is 0.105. The Bertz CT molecular complexity index is 391. The summed E-state index contributed by atoms with van der Waals surface area (Å²) in [5.41, 5.74) is 8.53. The lowest BCUT2D eigenvalue weighted by Crippen LogP contribution is -2.44. The third-order valence-electron chi connectivity index (χ3n) is 4.36. The fourth-order valence-corrected chi connectivity index (χ4v) is 3.35. The molecule has 1 aromatic heterocycles. The van der Waals surface area contributed by atoms with Crippen LogP contribution in [0.2, 0.25) is 0 Å². The molecule has 0 aliphatic heterocycles. The first-order chi connectivity index (χ1) is 9.24. The van der Waals surface area contributed by atoms with E-state index in [-0.39, 0.29) is 0 Å². The minimum Gasteiger partial charge on any atom is -0.330 e. The Kier molecular flexibility index (Phi) is 5.34. The molecule has 2 unspecified atom stereocenters. The highest BCUT2D eigenvalue weighted by Gasteiger charge is 2.28. The summed E-state index contributed by atoms with van der Waals surface area (Å²) in [4.78, 5) is 6.89. The van der Waals surface area contributed by atoms with Gasteiger partial charge in [0, 0.05) is 25.0 Å². The second-order valence-electron chi connectivity index (χ2n) is 5.78. The van der Waals surface area contributed by atoms with Crippen LogP contribution in [0.3, 0.4) is 0 Å². The molecule has 0 amide bonds. The standard InChI is InChI=1S/C16H27N3/c1-3-19(12-14-8-13(2)10-18-11-14)16-7-5-4-6-15(16)9-17/h8,10-11,15-16H,3-7,9,12,17H2,1-2H3. The molecule has 2 N–H and O–H groups in total. The Balaban J connectivity index is 2.06. The predicted octanol–water partition coefficient (Wildman–Crippen LogP) is 2.73. The van der Waals surface area contributed by atoms with Gasteiger partial charge in [-0.15, -0.1) is 0 Å². The van der Waals surface area contributed by atoms with Gasteiger partial charge in [0.05, 0.1) is 0 Å². The van der Waals surface area contributed by atoms with Crippen LogP contribution >= 0.6 is 0 Å². The van der Waals surface area contributed by atoms with Crippen LogP contribution in [-0.2, 0) is 6.54 Å². The van der Waals surface area contributed by atoms with E-state index >= 15 is 0 Å². The van der Waals surface area contributed by atoms with Crippen molar-refractivity contribution in [1.29, 1.82) is 0 Å². The van der Waals surface area contributed by atoms with Crippen LogP contribution in [0.4, 0.5) is 0 Å². The molecule has 1 heterocycles. The summed E-state index contributed by atoms with van der Waals surface area (Å²) in [6.45, 7) is 7.29. The van der Waals surface area contributed by atoms with Crippen molar-refractivity contribution in [1.82, 2.24) is 9.88 Å². The molecule has 2 rings (SSSR count). The van der Waals surface area contributed by atoms with Crippen molar-refractivity contribution in [3.8, 4) is 0 Å². The first-order valence-electron chi connectivity index (χ1n) is 7.59. The Morgan fingerprint density at radius 3 is 2.79 bits per heavy atom. The highest BCUT2D eigenvalue weighted by atomic mass is 15.2. The van der Waals surface area contributed by atoms with E-state index in [0.717, 1.165) is 19.6 Å². The fraction of sp³-hybridized carbons (Fsp3) is 0.688. The third kappa shape index (κ3) is 3.77. The zero-order valence-corrected chi connectivity index (χ0v) is 12.3. The normalized spacial score (nSPS) is 23.8. The Hall–Kier alpha value is -0.930. The van der Waals surface area contributed by atoms with E-state index in [2.05, 4.69) is 29.8 Å². The fourth-order valence-electron chi connectivity index (χ4n) is 3.35. The van der Waals surface area contributed by atoms with Crippen molar-refractivity contribution in [2.24, 2.45) is 11.7 Å². The molecule has 3 heteroatoms. The molecule has 1 aliphatic rings. The van der Waals surface area contributed by atoms with Crippen molar-refractivity contribution in [3.05, 3.63) is 29.6 Å². The molecule has 0 aromatic carbocycles. The summed E-state index contributed by atoms with van der Waals surface area (Å²) in [5.74, 6) is 0.673. The molecule has 1 saturated carbocycles. The maximum atomic E-state index is 5.96. The van der Waals surface area contributed by atoms with E-state index in [9.17, 15) is 0 Å². The van der Waals surface area contributed by atoms with Gasteiger partial charge in [0.1, 0.15) is 0 Å². The number of aromatic nitrogens is 1. The molecule has 106 valence electrons. The molecule has 0 saturated heterocycles. The SMILES string of the molecule is CCN(Cc1cncc(C)c1)C1CCCCC1CN. The number of nitrogens with two attached hydrogens (primary N) is 1. The van der Waals surface area contributed by atoms with Crippen molar-refractivity contribution in [2.45, 2.75) is 52.1 Å². The number of hydrogen-bond donors (Lipinski definition) is 1. The van der Waals surface area contributed by atoms with E-state index in [1.54, 1.807) is 0 Å². The van der Waals surface area contributed by atoms with Crippen LogP contribution in [0, 0.1) is 12.8 Å². The molecule has 1 fully saturated rings. The van der Waals surface area contributed by atoms with Gasteiger partial charge in [0.25, 0.3) is 0 Å². The van der Waals surface area contributed by atoms with Gasteiger partial charge in [0.15, 0.2) is 0 Å². The maximum absolute atomic E-state index is 5.96. The van der Waals surface area contributed by atoms with Gasteiger partial charge in [0.2, 0.25) is 0 Å². The van der Waals surface area contributed by atoms with Crippen LogP contribution in [-0.4, -0.2) is 29.0 Å². The first kappa shape index (κ1) is 14.5. The monoisotopic (exact) mass is 261 g/mol. The summed E-state index contributed by atoms with van der Waals surface area (Å²) in [6, 6.07) is 2.90. The molecule has 0 radical (unpaired) electrons. The smallest absolute Gasteiger partial charge is 0.0313 e. The Morgan fingerprint density at radius 1 is 1.32 bits per heavy atom. The largest absolute Gasteiger partial charge is 0.330 e. The molecular weight excluding hydrogens is 234 g/mol. The molecule has 19 heavy (non-hydrogen) atoms. The zero-order chi connectivity index (χ0) is 13.7. The second-order valence-corrected chi connectivity index (χ2v) is 5.78. The maximum Gasteiger partial charge on any atom is 0.0313 e. The number of rotatable bonds is 5. The Morgan fingerprint density at radius 2 is 2.11 bits per heavy atom. The van der Waals surface area contributed by atoms with Crippen LogP contribution in [0.25, 0.3) is 0 Å². The van der Waals surface area contributed by atoms with Crippen molar-refractivity contribution < 1.29 is 0 Å². The van der Waals surface area contributed by atoms with E-state index in [4.69, 9.17) is 5.73 Å². The summed E-state index contributed by atoms with van der Waals surface area (Å²) < 4.78 is 0. The van der Waals surface area contributed by atoms with Crippen molar-refractivity contribution >= 4 is 0 Å². The van der Waals surface area contributed by atoms with Crippen LogP contribution < -0.4 is 5.73 Å². The van der Waals surface area contributed by atoms with Crippen molar-refractivity contribution in [3.63, 3.8) is 0 Å². The van der Waals surface area contributed by atoms with Crippen LogP contribution in [0.1, 0.15) is 43.7 Å². The molecule has 0 bridgehead atoms. The number of aryl methyl sites for hydroxylation is 1.